The van der Waals surface area contributed by atoms with E-state index >= 15 is 0 Å². The highest BCUT2D eigenvalue weighted by Gasteiger charge is 2.49. The fourth-order valence-electron chi connectivity index (χ4n) is 2.62. The van der Waals surface area contributed by atoms with Gasteiger partial charge in [-0.15, -0.1) is 0 Å². The van der Waals surface area contributed by atoms with Crippen molar-refractivity contribution in [3.8, 4) is 0 Å². The smallest absolute Gasteiger partial charge is 0.407 e. The molecule has 0 unspecified atom stereocenters. The summed E-state index contributed by atoms with van der Waals surface area (Å²) in [6.45, 7) is 6.35. The lowest BCUT2D eigenvalue weighted by molar-refractivity contribution is -0.142. The van der Waals surface area contributed by atoms with Crippen LogP contribution in [0.2, 0.25) is 0 Å². The largest absolute Gasteiger partial charge is 0.480 e. The third-order valence-corrected chi connectivity index (χ3v) is 3.94. The molecule has 0 aromatic heterocycles. The standard InChI is InChI=1S/C18H23N3O6/c1-17(2,3)27-16(26)19-9-11-5-7-12(8-6-11)18(4)14(24)21(10-13(22)23)15(25)20-18/h5-8H,9-10H2,1-4H3,(H,19,26)(H,20,25)(H,22,23)/t18-/m1/s1. The van der Waals surface area contributed by atoms with E-state index in [0.717, 1.165) is 5.56 Å². The molecule has 1 heterocycles. The Kier molecular flexibility index (Phi) is 5.43. The van der Waals surface area contributed by atoms with Crippen LogP contribution in [0.1, 0.15) is 38.8 Å². The number of hydrogen-bond donors (Lipinski definition) is 3. The third-order valence-electron chi connectivity index (χ3n) is 3.94. The number of carboxylic acid groups (broad SMARTS) is 1. The lowest BCUT2D eigenvalue weighted by atomic mass is 9.91. The number of nitrogens with one attached hydrogen (secondary N) is 2. The summed E-state index contributed by atoms with van der Waals surface area (Å²) in [5.41, 5.74) is -0.656. The molecule has 1 aromatic rings. The van der Waals surface area contributed by atoms with Crippen molar-refractivity contribution in [1.82, 2.24) is 15.5 Å². The topological polar surface area (TPSA) is 125 Å². The van der Waals surface area contributed by atoms with Crippen LogP contribution in [0.5, 0.6) is 0 Å². The summed E-state index contributed by atoms with van der Waals surface area (Å²) in [4.78, 5) is 47.6. The number of urea groups is 1. The van der Waals surface area contributed by atoms with E-state index in [1.54, 1.807) is 45.0 Å². The average Bonchev–Trinajstić information content (AvgIpc) is 2.76. The second-order valence-corrected chi connectivity index (χ2v) is 7.39. The molecule has 0 bridgehead atoms. The minimum absolute atomic E-state index is 0.233. The van der Waals surface area contributed by atoms with E-state index in [4.69, 9.17) is 9.84 Å². The first-order valence-corrected chi connectivity index (χ1v) is 8.34. The van der Waals surface area contributed by atoms with Gasteiger partial charge in [-0.3, -0.25) is 14.5 Å². The lowest BCUT2D eigenvalue weighted by Gasteiger charge is -2.22. The first-order chi connectivity index (χ1) is 12.4. The molecule has 0 aliphatic carbocycles. The zero-order valence-corrected chi connectivity index (χ0v) is 15.7. The van der Waals surface area contributed by atoms with E-state index in [-0.39, 0.29) is 6.54 Å². The van der Waals surface area contributed by atoms with Crippen LogP contribution in [0.25, 0.3) is 0 Å². The Morgan fingerprint density at radius 2 is 1.81 bits per heavy atom. The number of nitrogens with zero attached hydrogens (tertiary/aromatic N) is 1. The zero-order chi connectivity index (χ0) is 20.4. The highest BCUT2D eigenvalue weighted by Crippen LogP contribution is 2.28. The van der Waals surface area contributed by atoms with Crippen LogP contribution in [-0.2, 0) is 26.4 Å². The molecule has 1 atom stereocenters. The highest BCUT2D eigenvalue weighted by molar-refractivity contribution is 6.08. The molecule has 0 radical (unpaired) electrons. The highest BCUT2D eigenvalue weighted by atomic mass is 16.6. The number of imide groups is 1. The van der Waals surface area contributed by atoms with Gasteiger partial charge in [-0.05, 0) is 38.8 Å². The zero-order valence-electron chi connectivity index (χ0n) is 15.7. The van der Waals surface area contributed by atoms with Crippen molar-refractivity contribution >= 4 is 24.0 Å². The van der Waals surface area contributed by atoms with Gasteiger partial charge in [0.25, 0.3) is 5.91 Å². The van der Waals surface area contributed by atoms with E-state index in [2.05, 4.69) is 10.6 Å². The molecule has 2 rings (SSSR count). The van der Waals surface area contributed by atoms with Gasteiger partial charge in [-0.25, -0.2) is 9.59 Å². The number of aliphatic carboxylic acids is 1. The molecule has 3 N–H and O–H groups in total. The summed E-state index contributed by atoms with van der Waals surface area (Å²) in [6, 6.07) is 5.96. The number of amides is 4. The number of hydrogen-bond acceptors (Lipinski definition) is 5. The predicted molar refractivity (Wildman–Crippen MR) is 94.7 cm³/mol. The Hall–Kier alpha value is -3.10. The third kappa shape index (κ3) is 4.75. The number of ether oxygens (including phenoxy) is 1. The summed E-state index contributed by atoms with van der Waals surface area (Å²) >= 11 is 0. The van der Waals surface area contributed by atoms with Gasteiger partial charge in [0, 0.05) is 6.54 Å². The van der Waals surface area contributed by atoms with Crippen LogP contribution in [0.3, 0.4) is 0 Å². The molecule has 146 valence electrons. The van der Waals surface area contributed by atoms with Crippen LogP contribution < -0.4 is 10.6 Å². The van der Waals surface area contributed by atoms with Gasteiger partial charge in [0.2, 0.25) is 0 Å². The van der Waals surface area contributed by atoms with E-state index in [1.165, 1.54) is 6.92 Å². The Morgan fingerprint density at radius 1 is 1.22 bits per heavy atom. The molecule has 0 saturated carbocycles. The van der Waals surface area contributed by atoms with Gasteiger partial charge in [0.05, 0.1) is 0 Å². The predicted octanol–water partition coefficient (Wildman–Crippen LogP) is 1.56. The second kappa shape index (κ2) is 7.26. The first kappa shape index (κ1) is 20.2. The molecular formula is C18H23N3O6. The number of alkyl carbamates (subject to hydrolysis) is 1. The lowest BCUT2D eigenvalue weighted by Crippen LogP contribution is -2.41. The van der Waals surface area contributed by atoms with Crippen molar-refractivity contribution in [3.63, 3.8) is 0 Å². The number of carboxylic acids is 1. The summed E-state index contributed by atoms with van der Waals surface area (Å²) in [5.74, 6) is -1.90. The molecule has 9 nitrogen and oxygen atoms in total. The quantitative estimate of drug-likeness (QED) is 0.669. The van der Waals surface area contributed by atoms with Gasteiger partial charge >= 0.3 is 18.1 Å². The van der Waals surface area contributed by atoms with Gasteiger partial charge < -0.3 is 20.5 Å². The van der Waals surface area contributed by atoms with Crippen LogP contribution >= 0.6 is 0 Å². The minimum Gasteiger partial charge on any atom is -0.480 e. The first-order valence-electron chi connectivity index (χ1n) is 8.34. The maximum atomic E-state index is 12.5. The Bertz CT molecular complexity index is 768. The maximum absolute atomic E-state index is 12.5. The van der Waals surface area contributed by atoms with Crippen molar-refractivity contribution < 1.29 is 29.0 Å². The fraction of sp³-hybridized carbons (Fsp3) is 0.444. The molecule has 1 aliphatic heterocycles. The Morgan fingerprint density at radius 3 is 2.33 bits per heavy atom. The molecule has 0 spiro atoms. The Labute approximate surface area is 156 Å². The van der Waals surface area contributed by atoms with E-state index in [9.17, 15) is 19.2 Å². The maximum Gasteiger partial charge on any atom is 0.407 e. The Balaban J connectivity index is 2.06. The number of carbonyl (C=O) groups excluding carboxylic acids is 3. The van der Waals surface area contributed by atoms with Crippen LogP contribution in [-0.4, -0.2) is 46.2 Å². The molecule has 9 heteroatoms. The monoisotopic (exact) mass is 377 g/mol. The summed E-state index contributed by atoms with van der Waals surface area (Å²) in [5, 5.41) is 14.0. The van der Waals surface area contributed by atoms with E-state index < -0.39 is 41.7 Å². The second-order valence-electron chi connectivity index (χ2n) is 7.39. The molecule has 1 aromatic carbocycles. The minimum atomic E-state index is -1.34. The summed E-state index contributed by atoms with van der Waals surface area (Å²) in [6.07, 6.45) is -0.541. The number of benzene rings is 1. The van der Waals surface area contributed by atoms with Gasteiger partial charge in [-0.2, -0.15) is 0 Å². The fourth-order valence-corrected chi connectivity index (χ4v) is 2.62. The molecule has 1 aliphatic rings. The van der Waals surface area contributed by atoms with Gasteiger partial charge in [-0.1, -0.05) is 24.3 Å². The van der Waals surface area contributed by atoms with Gasteiger partial charge in [0.1, 0.15) is 17.7 Å². The SMILES string of the molecule is CC(C)(C)OC(=O)NCc1ccc([C@@]2(C)NC(=O)N(CC(=O)O)C2=O)cc1. The average molecular weight is 377 g/mol. The number of rotatable bonds is 5. The van der Waals surface area contributed by atoms with Crippen LogP contribution in [0.15, 0.2) is 24.3 Å². The molecule has 1 fully saturated rings. The summed E-state index contributed by atoms with van der Waals surface area (Å²) in [7, 11) is 0. The van der Waals surface area contributed by atoms with Crippen molar-refractivity contribution in [1.29, 1.82) is 0 Å². The summed E-state index contributed by atoms with van der Waals surface area (Å²) < 4.78 is 5.15. The molecule has 27 heavy (non-hydrogen) atoms. The van der Waals surface area contributed by atoms with E-state index in [1.807, 2.05) is 0 Å². The van der Waals surface area contributed by atoms with Crippen molar-refractivity contribution in [2.75, 3.05) is 6.54 Å². The van der Waals surface area contributed by atoms with Crippen LogP contribution in [0.4, 0.5) is 9.59 Å². The normalized spacial score (nSPS) is 19.6. The van der Waals surface area contributed by atoms with Crippen molar-refractivity contribution in [2.45, 2.75) is 45.4 Å². The van der Waals surface area contributed by atoms with Crippen molar-refractivity contribution in [3.05, 3.63) is 35.4 Å². The van der Waals surface area contributed by atoms with Gasteiger partial charge in [0.15, 0.2) is 0 Å². The molecule has 4 amide bonds. The number of carbonyl (C=O) groups is 4. The van der Waals surface area contributed by atoms with Crippen LogP contribution in [0, 0.1) is 0 Å². The molecule has 1 saturated heterocycles. The van der Waals surface area contributed by atoms with E-state index in [0.29, 0.717) is 10.5 Å². The molecular weight excluding hydrogens is 354 g/mol. The van der Waals surface area contributed by atoms with Crippen molar-refractivity contribution in [2.24, 2.45) is 0 Å².